The van der Waals surface area contributed by atoms with E-state index in [1.807, 2.05) is 6.92 Å². The minimum Gasteiger partial charge on any atom is -0.394 e. The summed E-state index contributed by atoms with van der Waals surface area (Å²) in [5.74, 6) is 0. The molecule has 0 amide bonds. The van der Waals surface area contributed by atoms with Gasteiger partial charge in [-0.25, -0.2) is 0 Å². The van der Waals surface area contributed by atoms with E-state index < -0.39 is 10.1 Å². The average molecular weight is 719 g/mol. The van der Waals surface area contributed by atoms with Crippen molar-refractivity contribution < 1.29 is 75.3 Å². The third-order valence-corrected chi connectivity index (χ3v) is 6.38. The van der Waals surface area contributed by atoms with E-state index in [4.69, 9.17) is 66.9 Å². The van der Waals surface area contributed by atoms with Gasteiger partial charge in [-0.1, -0.05) is 17.7 Å². The molecular weight excluding hydrogens is 660 g/mol. The first-order valence-corrected chi connectivity index (χ1v) is 17.5. The van der Waals surface area contributed by atoms with Gasteiger partial charge >= 0.3 is 0 Å². The molecule has 0 spiro atoms. The van der Waals surface area contributed by atoms with Gasteiger partial charge in [-0.3, -0.25) is 4.55 Å². The van der Waals surface area contributed by atoms with E-state index in [0.717, 1.165) is 5.56 Å². The standard InChI is InChI=1S/C24H50O13.C7H8O3S/c25-1-3-27-5-7-29-9-11-31-13-15-33-17-19-35-21-23-37-24-22-36-20-18-34-16-14-32-12-10-30-8-6-28-4-2-26;1-6-2-4-7(5-3-6)11(8,9)10/h25-26H,1-24H2;2-5H,1H3,(H,8,9,10). The largest absolute Gasteiger partial charge is 0.394 e. The van der Waals surface area contributed by atoms with Crippen LogP contribution in [0.2, 0.25) is 0 Å². The van der Waals surface area contributed by atoms with E-state index in [1.165, 1.54) is 12.1 Å². The first-order chi connectivity index (χ1) is 23.4. The molecule has 1 aromatic rings. The average Bonchev–Trinajstić information content (AvgIpc) is 3.07. The lowest BCUT2D eigenvalue weighted by Gasteiger charge is -2.09. The molecule has 1 aromatic carbocycles. The number of hydrogen-bond acceptors (Lipinski definition) is 15. The molecule has 0 aliphatic rings. The second-order valence-electron chi connectivity index (χ2n) is 9.47. The van der Waals surface area contributed by atoms with Crippen molar-refractivity contribution in [2.24, 2.45) is 0 Å². The van der Waals surface area contributed by atoms with Gasteiger partial charge in [0.15, 0.2) is 0 Å². The Morgan fingerprint density at radius 1 is 0.396 bits per heavy atom. The Labute approximate surface area is 285 Å². The van der Waals surface area contributed by atoms with Crippen molar-refractivity contribution in [3.8, 4) is 0 Å². The molecule has 0 unspecified atom stereocenters. The van der Waals surface area contributed by atoms with E-state index in [9.17, 15) is 8.42 Å². The molecule has 1 rings (SSSR count). The summed E-state index contributed by atoms with van der Waals surface area (Å²) in [4.78, 5) is -0.0666. The fourth-order valence-electron chi connectivity index (χ4n) is 3.14. The normalized spacial score (nSPS) is 11.5. The molecule has 3 N–H and O–H groups in total. The summed E-state index contributed by atoms with van der Waals surface area (Å²) >= 11 is 0. The third kappa shape index (κ3) is 35.9. The first-order valence-electron chi connectivity index (χ1n) is 16.0. The Morgan fingerprint density at radius 3 is 0.750 bits per heavy atom. The number of ether oxygens (including phenoxy) is 11. The van der Waals surface area contributed by atoms with Gasteiger partial charge in [-0.05, 0) is 19.1 Å². The topological polar surface area (TPSA) is 196 Å². The van der Waals surface area contributed by atoms with E-state index in [1.54, 1.807) is 12.1 Å². The number of aliphatic hydroxyl groups is 2. The molecule has 0 aromatic heterocycles. The van der Waals surface area contributed by atoms with Gasteiger partial charge in [0.25, 0.3) is 10.1 Å². The summed E-state index contributed by atoms with van der Waals surface area (Å²) in [5, 5.41) is 17.1. The van der Waals surface area contributed by atoms with Crippen molar-refractivity contribution in [2.45, 2.75) is 11.8 Å². The number of hydrogen-bond donors (Lipinski definition) is 3. The quantitative estimate of drug-likeness (QED) is 0.0644. The summed E-state index contributed by atoms with van der Waals surface area (Å²) in [5.41, 5.74) is 0.956. The molecule has 0 atom stereocenters. The van der Waals surface area contributed by atoms with Crippen LogP contribution in [0.25, 0.3) is 0 Å². The number of aryl methyl sites for hydroxylation is 1. The minimum atomic E-state index is -4.02. The smallest absolute Gasteiger partial charge is 0.294 e. The Kier molecular flexibility index (Phi) is 35.8. The van der Waals surface area contributed by atoms with Crippen LogP contribution in [0.4, 0.5) is 0 Å². The number of rotatable bonds is 35. The van der Waals surface area contributed by atoms with Gasteiger partial charge < -0.3 is 62.3 Å². The van der Waals surface area contributed by atoms with Gasteiger partial charge in [0.05, 0.1) is 163 Å². The predicted molar refractivity (Wildman–Crippen MR) is 174 cm³/mol. The zero-order valence-electron chi connectivity index (χ0n) is 28.3. The lowest BCUT2D eigenvalue weighted by molar-refractivity contribution is -0.0281. The van der Waals surface area contributed by atoms with Crippen LogP contribution in [0.1, 0.15) is 5.56 Å². The molecule has 284 valence electrons. The SMILES string of the molecule is Cc1ccc(S(=O)(=O)O)cc1.OCCOCCOCCOCCOCCOCCOCCOCCOCCOCCOCCOCCO. The highest BCUT2D eigenvalue weighted by Crippen LogP contribution is 2.08. The number of aliphatic hydroxyl groups excluding tert-OH is 2. The molecule has 0 aliphatic heterocycles. The number of benzene rings is 1. The molecule has 0 fully saturated rings. The highest BCUT2D eigenvalue weighted by Gasteiger charge is 2.06. The molecule has 0 saturated heterocycles. The third-order valence-electron chi connectivity index (χ3n) is 5.51. The molecule has 17 heteroatoms. The van der Waals surface area contributed by atoms with Crippen LogP contribution in [-0.2, 0) is 62.2 Å². The fourth-order valence-corrected chi connectivity index (χ4v) is 3.62. The zero-order valence-corrected chi connectivity index (χ0v) is 29.2. The van der Waals surface area contributed by atoms with Crippen molar-refractivity contribution in [1.82, 2.24) is 0 Å². The van der Waals surface area contributed by atoms with Crippen LogP contribution in [0, 0.1) is 6.92 Å². The minimum absolute atomic E-state index is 0.0253. The van der Waals surface area contributed by atoms with Crippen molar-refractivity contribution in [3.05, 3.63) is 29.8 Å². The summed E-state index contributed by atoms with van der Waals surface area (Å²) in [6.45, 7) is 12.6. The lowest BCUT2D eigenvalue weighted by atomic mass is 10.2. The summed E-state index contributed by atoms with van der Waals surface area (Å²) in [6.07, 6.45) is 0. The van der Waals surface area contributed by atoms with E-state index in [0.29, 0.717) is 145 Å². The van der Waals surface area contributed by atoms with Crippen molar-refractivity contribution in [2.75, 3.05) is 159 Å². The summed E-state index contributed by atoms with van der Waals surface area (Å²) in [6, 6.07) is 5.99. The van der Waals surface area contributed by atoms with Crippen LogP contribution in [0.5, 0.6) is 0 Å². The second kappa shape index (κ2) is 36.9. The maximum Gasteiger partial charge on any atom is 0.294 e. The molecule has 0 radical (unpaired) electrons. The van der Waals surface area contributed by atoms with Crippen LogP contribution in [-0.4, -0.2) is 182 Å². The van der Waals surface area contributed by atoms with Gasteiger partial charge in [0.2, 0.25) is 0 Å². The fraction of sp³-hybridized carbons (Fsp3) is 0.806. The lowest BCUT2D eigenvalue weighted by Crippen LogP contribution is -2.15. The zero-order chi connectivity index (χ0) is 35.2. The summed E-state index contributed by atoms with van der Waals surface area (Å²) in [7, 11) is -4.02. The van der Waals surface area contributed by atoms with E-state index in [-0.39, 0.29) is 18.1 Å². The Balaban J connectivity index is 0.00000168. The maximum atomic E-state index is 10.5. The maximum absolute atomic E-state index is 10.5. The Morgan fingerprint density at radius 2 is 0.583 bits per heavy atom. The van der Waals surface area contributed by atoms with Gasteiger partial charge in [0.1, 0.15) is 0 Å². The van der Waals surface area contributed by atoms with Crippen molar-refractivity contribution in [1.29, 1.82) is 0 Å². The van der Waals surface area contributed by atoms with Crippen LogP contribution in [0.3, 0.4) is 0 Å². The van der Waals surface area contributed by atoms with Gasteiger partial charge in [0, 0.05) is 0 Å². The van der Waals surface area contributed by atoms with Crippen LogP contribution in [0.15, 0.2) is 29.2 Å². The highest BCUT2D eigenvalue weighted by atomic mass is 32.2. The van der Waals surface area contributed by atoms with Gasteiger partial charge in [-0.2, -0.15) is 8.42 Å². The van der Waals surface area contributed by atoms with Crippen molar-refractivity contribution >= 4 is 10.1 Å². The molecule has 0 heterocycles. The van der Waals surface area contributed by atoms with Gasteiger partial charge in [-0.15, -0.1) is 0 Å². The highest BCUT2D eigenvalue weighted by molar-refractivity contribution is 7.85. The van der Waals surface area contributed by atoms with Crippen molar-refractivity contribution in [3.63, 3.8) is 0 Å². The van der Waals surface area contributed by atoms with Crippen LogP contribution < -0.4 is 0 Å². The predicted octanol–water partition coefficient (Wildman–Crippen LogP) is 0.395. The Bertz CT molecular complexity index is 842. The molecule has 16 nitrogen and oxygen atoms in total. The molecule has 0 bridgehead atoms. The summed E-state index contributed by atoms with van der Waals surface area (Å²) < 4.78 is 88.2. The first kappa shape index (κ1) is 46.6. The van der Waals surface area contributed by atoms with E-state index in [2.05, 4.69) is 0 Å². The van der Waals surface area contributed by atoms with E-state index >= 15 is 0 Å². The Hall–Kier alpha value is -1.39. The second-order valence-corrected chi connectivity index (χ2v) is 10.9. The molecule has 0 aliphatic carbocycles. The molecule has 0 saturated carbocycles. The molecular formula is C31H58O16S. The van der Waals surface area contributed by atoms with Crippen LogP contribution >= 0.6 is 0 Å². The molecule has 48 heavy (non-hydrogen) atoms. The monoisotopic (exact) mass is 718 g/mol.